The van der Waals surface area contributed by atoms with E-state index < -0.39 is 16.1 Å². The number of aliphatic hydroxyl groups excluding tert-OH is 1. The molecule has 0 aliphatic heterocycles. The van der Waals surface area contributed by atoms with Gasteiger partial charge in [-0.05, 0) is 61.4 Å². The van der Waals surface area contributed by atoms with Gasteiger partial charge in [-0.25, -0.2) is 13.1 Å². The van der Waals surface area contributed by atoms with Crippen LogP contribution in [0.15, 0.2) is 59.5 Å². The van der Waals surface area contributed by atoms with E-state index in [1.807, 2.05) is 30.3 Å². The molecule has 31 heavy (non-hydrogen) atoms. The molecule has 1 aliphatic rings. The predicted octanol–water partition coefficient (Wildman–Crippen LogP) is 2.63. The van der Waals surface area contributed by atoms with Crippen LogP contribution in [-0.2, 0) is 14.8 Å². The third-order valence-corrected chi connectivity index (χ3v) is 7.24. The monoisotopic (exact) mass is 446 g/mol. The molecule has 8 heteroatoms. The van der Waals surface area contributed by atoms with E-state index in [9.17, 15) is 18.3 Å². The highest BCUT2D eigenvalue weighted by atomic mass is 32.2. The number of nitrogens with one attached hydrogen (secondary N) is 2. The third-order valence-electron chi connectivity index (χ3n) is 5.80. The fraction of sp³-hybridized carbons (Fsp3) is 0.435. The molecule has 0 saturated heterocycles. The summed E-state index contributed by atoms with van der Waals surface area (Å²) in [6.07, 6.45) is 2.26. The van der Waals surface area contributed by atoms with Crippen molar-refractivity contribution < 1.29 is 23.1 Å². The highest BCUT2D eigenvalue weighted by molar-refractivity contribution is 7.89. The number of sulfonamides is 1. The van der Waals surface area contributed by atoms with Gasteiger partial charge in [-0.1, -0.05) is 30.3 Å². The molecule has 1 aliphatic carbocycles. The van der Waals surface area contributed by atoms with E-state index in [1.54, 1.807) is 12.1 Å². The lowest BCUT2D eigenvalue weighted by Gasteiger charge is -2.28. The summed E-state index contributed by atoms with van der Waals surface area (Å²) in [4.78, 5) is 12.7. The van der Waals surface area contributed by atoms with Crippen LogP contribution >= 0.6 is 0 Å². The van der Waals surface area contributed by atoms with E-state index in [0.717, 1.165) is 18.4 Å². The molecule has 7 nitrogen and oxygen atoms in total. The van der Waals surface area contributed by atoms with Crippen molar-refractivity contribution in [2.45, 2.75) is 36.7 Å². The zero-order valence-electron chi connectivity index (χ0n) is 17.7. The summed E-state index contributed by atoms with van der Waals surface area (Å²) in [6, 6.07) is 15.5. The zero-order chi connectivity index (χ0) is 22.3. The molecule has 3 N–H and O–H groups in total. The average molecular weight is 447 g/mol. The Bertz CT molecular complexity index is 940. The molecule has 1 fully saturated rings. The lowest BCUT2D eigenvalue weighted by molar-refractivity contribution is -0.126. The first-order chi connectivity index (χ1) is 14.9. The van der Waals surface area contributed by atoms with Gasteiger partial charge in [0.05, 0.1) is 18.1 Å². The molecule has 168 valence electrons. The van der Waals surface area contributed by atoms with Gasteiger partial charge < -0.3 is 15.2 Å². The number of carbonyl (C=O) groups is 1. The standard InChI is InChI=1S/C23H30N2O5S/c1-30-20-11-13-21(14-12-20)31(28,29)25-15-17-7-9-19(10-8-17)23(27)24-16-22(26)18-5-3-2-4-6-18/h2-6,11-14,17,19,22,25-26H,7-10,15-16H2,1H3,(H,24,27). The number of methoxy groups -OCH3 is 1. The van der Waals surface area contributed by atoms with Gasteiger partial charge in [-0.2, -0.15) is 0 Å². The van der Waals surface area contributed by atoms with Crippen LogP contribution in [-0.4, -0.2) is 39.6 Å². The Balaban J connectivity index is 1.41. The highest BCUT2D eigenvalue weighted by Gasteiger charge is 2.27. The van der Waals surface area contributed by atoms with E-state index in [0.29, 0.717) is 25.1 Å². The number of amides is 1. The number of hydrogen-bond acceptors (Lipinski definition) is 5. The summed E-state index contributed by atoms with van der Waals surface area (Å²) in [7, 11) is -2.04. The van der Waals surface area contributed by atoms with Gasteiger partial charge in [0.1, 0.15) is 5.75 Å². The topological polar surface area (TPSA) is 105 Å². The Morgan fingerprint density at radius 2 is 1.71 bits per heavy atom. The summed E-state index contributed by atoms with van der Waals surface area (Å²) < 4.78 is 32.7. The molecule has 0 spiro atoms. The smallest absolute Gasteiger partial charge is 0.240 e. The minimum atomic E-state index is -3.57. The van der Waals surface area contributed by atoms with Crippen molar-refractivity contribution in [3.8, 4) is 5.75 Å². The number of aliphatic hydroxyl groups is 1. The van der Waals surface area contributed by atoms with Crippen LogP contribution in [0.1, 0.15) is 37.4 Å². The summed E-state index contributed by atoms with van der Waals surface area (Å²) in [5, 5.41) is 13.0. The van der Waals surface area contributed by atoms with Crippen molar-refractivity contribution >= 4 is 15.9 Å². The Kier molecular flexibility index (Phi) is 8.06. The Labute approximate surface area is 183 Å². The Morgan fingerprint density at radius 1 is 1.06 bits per heavy atom. The van der Waals surface area contributed by atoms with E-state index in [1.165, 1.54) is 19.2 Å². The maximum atomic E-state index is 12.5. The predicted molar refractivity (Wildman–Crippen MR) is 118 cm³/mol. The van der Waals surface area contributed by atoms with Crippen molar-refractivity contribution in [3.05, 3.63) is 60.2 Å². The molecule has 1 atom stereocenters. The molecule has 1 saturated carbocycles. The van der Waals surface area contributed by atoms with Crippen LogP contribution in [0.3, 0.4) is 0 Å². The maximum Gasteiger partial charge on any atom is 0.240 e. The molecular weight excluding hydrogens is 416 g/mol. The van der Waals surface area contributed by atoms with Gasteiger partial charge in [0.15, 0.2) is 0 Å². The fourth-order valence-corrected chi connectivity index (χ4v) is 4.95. The lowest BCUT2D eigenvalue weighted by atomic mass is 9.81. The first-order valence-electron chi connectivity index (χ1n) is 10.5. The molecule has 1 unspecified atom stereocenters. The van der Waals surface area contributed by atoms with Crippen LogP contribution in [0.25, 0.3) is 0 Å². The van der Waals surface area contributed by atoms with Crippen molar-refractivity contribution in [1.29, 1.82) is 0 Å². The third kappa shape index (κ3) is 6.53. The second-order valence-corrected chi connectivity index (χ2v) is 9.68. The zero-order valence-corrected chi connectivity index (χ0v) is 18.5. The van der Waals surface area contributed by atoms with Gasteiger partial charge in [0.2, 0.25) is 15.9 Å². The largest absolute Gasteiger partial charge is 0.497 e. The fourth-order valence-electron chi connectivity index (χ4n) is 3.83. The van der Waals surface area contributed by atoms with Crippen molar-refractivity contribution in [2.24, 2.45) is 11.8 Å². The first kappa shape index (κ1) is 23.2. The van der Waals surface area contributed by atoms with E-state index in [2.05, 4.69) is 10.0 Å². The van der Waals surface area contributed by atoms with Crippen LogP contribution in [0, 0.1) is 11.8 Å². The van der Waals surface area contributed by atoms with Crippen LogP contribution in [0.4, 0.5) is 0 Å². The van der Waals surface area contributed by atoms with E-state index in [4.69, 9.17) is 4.74 Å². The maximum absolute atomic E-state index is 12.5. The Morgan fingerprint density at radius 3 is 2.32 bits per heavy atom. The first-order valence-corrected chi connectivity index (χ1v) is 12.0. The highest BCUT2D eigenvalue weighted by Crippen LogP contribution is 2.29. The summed E-state index contributed by atoms with van der Waals surface area (Å²) >= 11 is 0. The van der Waals surface area contributed by atoms with Crippen LogP contribution in [0.2, 0.25) is 0 Å². The van der Waals surface area contributed by atoms with Gasteiger partial charge in [0, 0.05) is 19.0 Å². The van der Waals surface area contributed by atoms with Crippen molar-refractivity contribution in [1.82, 2.24) is 10.0 Å². The van der Waals surface area contributed by atoms with Gasteiger partial charge in [-0.3, -0.25) is 4.79 Å². The lowest BCUT2D eigenvalue weighted by Crippen LogP contribution is -2.37. The minimum Gasteiger partial charge on any atom is -0.497 e. The number of ether oxygens (including phenoxy) is 1. The molecule has 2 aromatic rings. The number of carbonyl (C=O) groups excluding carboxylic acids is 1. The van der Waals surface area contributed by atoms with E-state index >= 15 is 0 Å². The molecule has 3 rings (SSSR count). The quantitative estimate of drug-likeness (QED) is 0.549. The number of benzene rings is 2. The van der Waals surface area contributed by atoms with Crippen molar-refractivity contribution in [3.63, 3.8) is 0 Å². The minimum absolute atomic E-state index is 0.0488. The van der Waals surface area contributed by atoms with E-state index in [-0.39, 0.29) is 29.2 Å². The van der Waals surface area contributed by atoms with Gasteiger partial charge in [-0.15, -0.1) is 0 Å². The second-order valence-electron chi connectivity index (χ2n) is 7.92. The Hall–Kier alpha value is -2.42. The molecule has 0 bridgehead atoms. The SMILES string of the molecule is COc1ccc(S(=O)(=O)NCC2CCC(C(=O)NCC(O)c3ccccc3)CC2)cc1. The normalized spacial score (nSPS) is 20.1. The summed E-state index contributed by atoms with van der Waals surface area (Å²) in [6.45, 7) is 0.542. The number of hydrogen-bond donors (Lipinski definition) is 3. The van der Waals surface area contributed by atoms with Crippen LogP contribution < -0.4 is 14.8 Å². The van der Waals surface area contributed by atoms with Gasteiger partial charge >= 0.3 is 0 Å². The molecule has 0 heterocycles. The average Bonchev–Trinajstić information content (AvgIpc) is 2.82. The molecule has 0 aromatic heterocycles. The number of rotatable bonds is 9. The van der Waals surface area contributed by atoms with Gasteiger partial charge in [0.25, 0.3) is 0 Å². The summed E-state index contributed by atoms with van der Waals surface area (Å²) in [5.41, 5.74) is 0.774. The van der Waals surface area contributed by atoms with Crippen molar-refractivity contribution in [2.75, 3.05) is 20.2 Å². The molecule has 2 aromatic carbocycles. The van der Waals surface area contributed by atoms with Crippen LogP contribution in [0.5, 0.6) is 5.75 Å². The molecule has 0 radical (unpaired) electrons. The molecule has 1 amide bonds. The summed E-state index contributed by atoms with van der Waals surface area (Å²) in [5.74, 6) is 0.656. The second kappa shape index (κ2) is 10.7. The molecular formula is C23H30N2O5S.